The van der Waals surface area contributed by atoms with Gasteiger partial charge in [-0.1, -0.05) is 31.5 Å². The van der Waals surface area contributed by atoms with Crippen molar-refractivity contribution in [3.05, 3.63) is 29.8 Å². The van der Waals surface area contributed by atoms with Crippen LogP contribution in [0.15, 0.2) is 24.3 Å². The zero-order chi connectivity index (χ0) is 14.0. The van der Waals surface area contributed by atoms with Crippen molar-refractivity contribution < 1.29 is 9.53 Å². The Hall–Kier alpha value is -1.35. The number of Topliss-reactive ketones (excluding diaryl/α,β-unsaturated/α-hetero) is 1. The van der Waals surface area contributed by atoms with E-state index in [4.69, 9.17) is 10.5 Å². The molecular weight excluding hydrogens is 226 g/mol. The van der Waals surface area contributed by atoms with Crippen molar-refractivity contribution in [2.45, 2.75) is 34.1 Å². The topological polar surface area (TPSA) is 52.3 Å². The number of carbonyl (C=O) groups is 1. The van der Waals surface area contributed by atoms with E-state index < -0.39 is 0 Å². The van der Waals surface area contributed by atoms with Gasteiger partial charge in [0.2, 0.25) is 0 Å². The monoisotopic (exact) mass is 251 g/mol. The van der Waals surface area contributed by atoms with Crippen molar-refractivity contribution in [3.8, 4) is 5.75 Å². The highest BCUT2D eigenvalue weighted by Crippen LogP contribution is 2.10. The van der Waals surface area contributed by atoms with Gasteiger partial charge in [-0.3, -0.25) is 4.79 Å². The Balaban J connectivity index is 0.000000411. The minimum Gasteiger partial charge on any atom is -0.486 e. The Morgan fingerprint density at radius 1 is 1.28 bits per heavy atom. The molecule has 0 fully saturated rings. The fourth-order valence-electron chi connectivity index (χ4n) is 1.15. The summed E-state index contributed by atoms with van der Waals surface area (Å²) in [6.45, 7) is 8.85. The van der Waals surface area contributed by atoms with E-state index in [2.05, 4.69) is 13.8 Å². The molecule has 0 spiro atoms. The molecule has 0 aliphatic carbocycles. The van der Waals surface area contributed by atoms with E-state index in [0.717, 1.165) is 24.6 Å². The van der Waals surface area contributed by atoms with E-state index in [-0.39, 0.29) is 12.4 Å². The van der Waals surface area contributed by atoms with Crippen LogP contribution in [0, 0.1) is 12.8 Å². The van der Waals surface area contributed by atoms with Crippen molar-refractivity contribution >= 4 is 5.78 Å². The molecule has 102 valence electrons. The number of rotatable bonds is 5. The first kappa shape index (κ1) is 16.6. The number of carbonyl (C=O) groups excluding carboxylic acids is 1. The van der Waals surface area contributed by atoms with Gasteiger partial charge >= 0.3 is 0 Å². The molecule has 0 bridgehead atoms. The molecule has 0 aliphatic heterocycles. The van der Waals surface area contributed by atoms with Crippen LogP contribution in [0.25, 0.3) is 0 Å². The van der Waals surface area contributed by atoms with Crippen LogP contribution >= 0.6 is 0 Å². The van der Waals surface area contributed by atoms with Crippen molar-refractivity contribution in [1.29, 1.82) is 0 Å². The van der Waals surface area contributed by atoms with Gasteiger partial charge in [-0.25, -0.2) is 0 Å². The smallest absolute Gasteiger partial charge is 0.167 e. The third kappa shape index (κ3) is 9.85. The molecule has 0 heterocycles. The molecule has 0 amide bonds. The van der Waals surface area contributed by atoms with E-state index in [1.807, 2.05) is 31.2 Å². The van der Waals surface area contributed by atoms with Gasteiger partial charge < -0.3 is 10.5 Å². The number of ketones is 1. The van der Waals surface area contributed by atoms with Crippen LogP contribution in [-0.2, 0) is 4.79 Å². The van der Waals surface area contributed by atoms with Crippen molar-refractivity contribution in [3.63, 3.8) is 0 Å². The Labute approximate surface area is 110 Å². The molecule has 0 atom stereocenters. The standard InChI is InChI=1S/C10H12O2.C5H13N/c1-8-3-5-10(6-4-8)12-7-9(2)11;1-5(2)3-4-6/h3-6H,7H2,1-2H3;5H,3-4,6H2,1-2H3. The predicted molar refractivity (Wildman–Crippen MR) is 75.9 cm³/mol. The van der Waals surface area contributed by atoms with Crippen molar-refractivity contribution in [2.24, 2.45) is 11.7 Å². The normalized spacial score (nSPS) is 9.67. The minimum absolute atomic E-state index is 0.0376. The summed E-state index contributed by atoms with van der Waals surface area (Å²) in [6, 6.07) is 7.63. The zero-order valence-electron chi connectivity index (χ0n) is 11.9. The van der Waals surface area contributed by atoms with Crippen molar-refractivity contribution in [1.82, 2.24) is 0 Å². The molecule has 1 aromatic carbocycles. The highest BCUT2D eigenvalue weighted by molar-refractivity contribution is 5.77. The van der Waals surface area contributed by atoms with E-state index >= 15 is 0 Å². The summed E-state index contributed by atoms with van der Waals surface area (Å²) in [5, 5.41) is 0. The maximum absolute atomic E-state index is 10.6. The summed E-state index contributed by atoms with van der Waals surface area (Å²) < 4.78 is 5.17. The van der Waals surface area contributed by atoms with E-state index in [1.54, 1.807) is 0 Å². The van der Waals surface area contributed by atoms with E-state index in [0.29, 0.717) is 0 Å². The summed E-state index contributed by atoms with van der Waals surface area (Å²) in [5.41, 5.74) is 6.41. The molecule has 0 saturated heterocycles. The summed E-state index contributed by atoms with van der Waals surface area (Å²) in [7, 11) is 0. The molecule has 1 rings (SSSR count). The van der Waals surface area contributed by atoms with Crippen LogP contribution in [0.3, 0.4) is 0 Å². The number of hydrogen-bond acceptors (Lipinski definition) is 3. The highest BCUT2D eigenvalue weighted by Gasteiger charge is 1.95. The van der Waals surface area contributed by atoms with Crippen molar-refractivity contribution in [2.75, 3.05) is 13.2 Å². The fraction of sp³-hybridized carbons (Fsp3) is 0.533. The highest BCUT2D eigenvalue weighted by atomic mass is 16.5. The van der Waals surface area contributed by atoms with E-state index in [1.165, 1.54) is 12.5 Å². The maximum Gasteiger partial charge on any atom is 0.167 e. The quantitative estimate of drug-likeness (QED) is 0.875. The van der Waals surface area contributed by atoms with Gasteiger partial charge in [0, 0.05) is 0 Å². The lowest BCUT2D eigenvalue weighted by Crippen LogP contribution is -2.06. The zero-order valence-corrected chi connectivity index (χ0v) is 11.9. The van der Waals surface area contributed by atoms with Crippen LogP contribution < -0.4 is 10.5 Å². The van der Waals surface area contributed by atoms with Crippen LogP contribution in [0.2, 0.25) is 0 Å². The molecule has 0 aliphatic rings. The number of ether oxygens (including phenoxy) is 1. The number of hydrogen-bond donors (Lipinski definition) is 1. The van der Waals surface area contributed by atoms with Crippen LogP contribution in [0.1, 0.15) is 32.8 Å². The first-order valence-corrected chi connectivity index (χ1v) is 6.34. The minimum atomic E-state index is 0.0376. The maximum atomic E-state index is 10.6. The Bertz CT molecular complexity index is 331. The summed E-state index contributed by atoms with van der Waals surface area (Å²) in [5.74, 6) is 1.56. The molecule has 2 N–H and O–H groups in total. The van der Waals surface area contributed by atoms with Crippen LogP contribution in [-0.4, -0.2) is 18.9 Å². The molecule has 0 unspecified atom stereocenters. The first-order chi connectivity index (χ1) is 8.45. The first-order valence-electron chi connectivity index (χ1n) is 6.34. The summed E-state index contributed by atoms with van der Waals surface area (Å²) >= 11 is 0. The van der Waals surface area contributed by atoms with Gasteiger partial charge in [0.15, 0.2) is 5.78 Å². The summed E-state index contributed by atoms with van der Waals surface area (Å²) in [6.07, 6.45) is 1.15. The largest absolute Gasteiger partial charge is 0.486 e. The fourth-order valence-corrected chi connectivity index (χ4v) is 1.15. The van der Waals surface area contributed by atoms with Crippen LogP contribution in [0.4, 0.5) is 0 Å². The van der Waals surface area contributed by atoms with Gasteiger partial charge in [0.1, 0.15) is 12.4 Å². The average Bonchev–Trinajstić information content (AvgIpc) is 2.29. The second-order valence-corrected chi connectivity index (χ2v) is 4.77. The lowest BCUT2D eigenvalue weighted by atomic mass is 10.1. The van der Waals surface area contributed by atoms with Gasteiger partial charge in [-0.05, 0) is 44.9 Å². The third-order valence-electron chi connectivity index (χ3n) is 2.21. The van der Waals surface area contributed by atoms with Gasteiger partial charge in [0.05, 0.1) is 0 Å². The van der Waals surface area contributed by atoms with E-state index in [9.17, 15) is 4.79 Å². The van der Waals surface area contributed by atoms with Gasteiger partial charge in [-0.2, -0.15) is 0 Å². The van der Waals surface area contributed by atoms with Crippen LogP contribution in [0.5, 0.6) is 5.75 Å². The Morgan fingerprint density at radius 2 is 1.83 bits per heavy atom. The number of nitrogens with two attached hydrogens (primary N) is 1. The lowest BCUT2D eigenvalue weighted by Gasteiger charge is -2.02. The second kappa shape index (κ2) is 9.66. The second-order valence-electron chi connectivity index (χ2n) is 4.77. The Morgan fingerprint density at radius 3 is 2.17 bits per heavy atom. The molecule has 0 saturated carbocycles. The molecule has 3 nitrogen and oxygen atoms in total. The molecule has 1 aromatic rings. The molecule has 0 radical (unpaired) electrons. The SMILES string of the molecule is CC(=O)COc1ccc(C)cc1.CC(C)CCN. The predicted octanol–water partition coefficient (Wildman–Crippen LogP) is 2.95. The number of aryl methyl sites for hydroxylation is 1. The Kier molecular flexibility index (Phi) is 8.93. The molecule has 18 heavy (non-hydrogen) atoms. The lowest BCUT2D eigenvalue weighted by molar-refractivity contribution is -0.118. The molecule has 3 heteroatoms. The summed E-state index contributed by atoms with van der Waals surface area (Å²) in [4.78, 5) is 10.6. The van der Waals surface area contributed by atoms with Gasteiger partial charge in [-0.15, -0.1) is 0 Å². The number of benzene rings is 1. The molecular formula is C15H25NO2. The van der Waals surface area contributed by atoms with Gasteiger partial charge in [0.25, 0.3) is 0 Å². The average molecular weight is 251 g/mol. The molecule has 0 aromatic heterocycles. The third-order valence-corrected chi connectivity index (χ3v) is 2.21.